The Kier molecular flexibility index (Phi) is 12.2. The molecule has 2 atom stereocenters. The number of rotatable bonds is 12. The maximum absolute atomic E-state index is 12.0. The summed E-state index contributed by atoms with van der Waals surface area (Å²) in [5.74, 6) is -1.30. The topological polar surface area (TPSA) is 61.8 Å². The summed E-state index contributed by atoms with van der Waals surface area (Å²) >= 11 is 0. The van der Waals surface area contributed by atoms with Crippen LogP contribution in [0.1, 0.15) is 72.6 Å². The monoisotopic (exact) mass is 302 g/mol. The Morgan fingerprint density at radius 1 is 0.905 bits per heavy atom. The molecule has 0 N–H and O–H groups in total. The summed E-state index contributed by atoms with van der Waals surface area (Å²) in [6.45, 7) is 8.13. The van der Waals surface area contributed by atoms with Crippen molar-refractivity contribution in [2.75, 3.05) is 6.61 Å². The molecule has 0 aliphatic heterocycles. The van der Waals surface area contributed by atoms with Gasteiger partial charge in [-0.25, -0.2) is 14.6 Å². The Labute approximate surface area is 128 Å². The maximum atomic E-state index is 12.0. The number of carbonyl (C=O) groups is 2. The highest BCUT2D eigenvalue weighted by molar-refractivity contribution is 5.88. The van der Waals surface area contributed by atoms with Gasteiger partial charge in [-0.05, 0) is 26.2 Å². The third-order valence-electron chi connectivity index (χ3n) is 3.32. The van der Waals surface area contributed by atoms with E-state index in [1.54, 1.807) is 6.92 Å². The molecular weight excluding hydrogens is 272 g/mol. The number of ether oxygens (including phenoxy) is 1. The normalized spacial score (nSPS) is 13.7. The van der Waals surface area contributed by atoms with Gasteiger partial charge >= 0.3 is 11.9 Å². The number of esters is 2. The van der Waals surface area contributed by atoms with Gasteiger partial charge in [-0.1, -0.05) is 46.5 Å². The summed E-state index contributed by atoms with van der Waals surface area (Å²) in [5, 5.41) is 0. The first-order valence-corrected chi connectivity index (χ1v) is 8.14. The number of unbranched alkanes of at least 4 members (excludes halogenated alkanes) is 2. The fourth-order valence-corrected chi connectivity index (χ4v) is 1.93. The lowest BCUT2D eigenvalue weighted by Crippen LogP contribution is -2.31. The van der Waals surface area contributed by atoms with E-state index in [-0.39, 0.29) is 5.92 Å². The van der Waals surface area contributed by atoms with Crippen LogP contribution in [0.25, 0.3) is 0 Å². The number of hydrogen-bond acceptors (Lipinski definition) is 5. The Morgan fingerprint density at radius 3 is 2.05 bits per heavy atom. The first-order chi connectivity index (χ1) is 10.1. The van der Waals surface area contributed by atoms with Crippen molar-refractivity contribution in [2.24, 2.45) is 5.92 Å². The van der Waals surface area contributed by atoms with Crippen molar-refractivity contribution in [3.8, 4) is 0 Å². The van der Waals surface area contributed by atoms with Gasteiger partial charge in [0.2, 0.25) is 0 Å². The summed E-state index contributed by atoms with van der Waals surface area (Å²) in [5.41, 5.74) is 0. The quantitative estimate of drug-likeness (QED) is 0.237. The number of carbonyl (C=O) groups excluding carboxylic acids is 2. The molecule has 0 radical (unpaired) electrons. The standard InChI is InChI=1S/C16H30O5/c1-5-9-11-13(7-3)15(17)20-16(18)14(12-10-6-2)21-19-8-4/h13-14H,5-12H2,1-4H3. The van der Waals surface area contributed by atoms with Crippen molar-refractivity contribution in [2.45, 2.75) is 78.7 Å². The van der Waals surface area contributed by atoms with Crippen LogP contribution in [0.15, 0.2) is 0 Å². The summed E-state index contributed by atoms with van der Waals surface area (Å²) in [4.78, 5) is 33.9. The average molecular weight is 302 g/mol. The second kappa shape index (κ2) is 12.8. The van der Waals surface area contributed by atoms with Crippen molar-refractivity contribution in [3.63, 3.8) is 0 Å². The molecule has 5 nitrogen and oxygen atoms in total. The lowest BCUT2D eigenvalue weighted by Gasteiger charge is -2.17. The van der Waals surface area contributed by atoms with Crippen molar-refractivity contribution in [1.82, 2.24) is 0 Å². The molecule has 0 aromatic rings. The Bertz CT molecular complexity index is 282. The molecule has 0 aliphatic carbocycles. The smallest absolute Gasteiger partial charge is 0.346 e. The van der Waals surface area contributed by atoms with E-state index < -0.39 is 18.0 Å². The highest BCUT2D eigenvalue weighted by atomic mass is 17.2. The zero-order chi connectivity index (χ0) is 16.1. The molecule has 0 bridgehead atoms. The Balaban J connectivity index is 4.44. The molecule has 0 rings (SSSR count). The molecule has 0 saturated heterocycles. The number of hydrogen-bond donors (Lipinski definition) is 0. The Morgan fingerprint density at radius 2 is 1.52 bits per heavy atom. The van der Waals surface area contributed by atoms with Gasteiger partial charge < -0.3 is 4.74 Å². The van der Waals surface area contributed by atoms with Crippen LogP contribution < -0.4 is 0 Å². The molecule has 0 aromatic carbocycles. The maximum Gasteiger partial charge on any atom is 0.346 e. The lowest BCUT2D eigenvalue weighted by molar-refractivity contribution is -0.318. The first-order valence-electron chi connectivity index (χ1n) is 8.14. The average Bonchev–Trinajstić information content (AvgIpc) is 2.48. The molecule has 0 aliphatic rings. The summed E-state index contributed by atoms with van der Waals surface area (Å²) < 4.78 is 4.97. The van der Waals surface area contributed by atoms with E-state index in [0.717, 1.165) is 32.1 Å². The molecule has 0 heterocycles. The van der Waals surface area contributed by atoms with Crippen LogP contribution in [0.5, 0.6) is 0 Å². The van der Waals surface area contributed by atoms with Crippen LogP contribution in [0.3, 0.4) is 0 Å². The molecule has 0 aromatic heterocycles. The summed E-state index contributed by atoms with van der Waals surface area (Å²) in [6, 6.07) is 0. The van der Waals surface area contributed by atoms with Gasteiger partial charge in [-0.15, -0.1) is 0 Å². The van der Waals surface area contributed by atoms with E-state index in [4.69, 9.17) is 14.5 Å². The lowest BCUT2D eigenvalue weighted by atomic mass is 10.00. The van der Waals surface area contributed by atoms with Gasteiger partial charge in [0, 0.05) is 0 Å². The van der Waals surface area contributed by atoms with Crippen LogP contribution >= 0.6 is 0 Å². The third-order valence-corrected chi connectivity index (χ3v) is 3.32. The molecular formula is C16H30O5. The zero-order valence-electron chi connectivity index (χ0n) is 13.9. The van der Waals surface area contributed by atoms with E-state index in [9.17, 15) is 9.59 Å². The zero-order valence-corrected chi connectivity index (χ0v) is 13.9. The van der Waals surface area contributed by atoms with Gasteiger partial charge in [0.15, 0.2) is 6.10 Å². The molecule has 124 valence electrons. The van der Waals surface area contributed by atoms with E-state index >= 15 is 0 Å². The SMILES string of the molecule is CCCCC(CC)C(=O)OC(=O)C(CCCC)OOCC. The molecule has 2 unspecified atom stereocenters. The van der Waals surface area contributed by atoms with Crippen molar-refractivity contribution < 1.29 is 24.1 Å². The fourth-order valence-electron chi connectivity index (χ4n) is 1.93. The molecule has 5 heteroatoms. The van der Waals surface area contributed by atoms with E-state index in [2.05, 4.69) is 6.92 Å². The van der Waals surface area contributed by atoms with Crippen LogP contribution in [0, 0.1) is 5.92 Å². The summed E-state index contributed by atoms with van der Waals surface area (Å²) in [7, 11) is 0. The van der Waals surface area contributed by atoms with E-state index in [0.29, 0.717) is 19.4 Å². The van der Waals surface area contributed by atoms with Gasteiger partial charge in [0.05, 0.1) is 12.5 Å². The highest BCUT2D eigenvalue weighted by Gasteiger charge is 2.27. The van der Waals surface area contributed by atoms with Crippen LogP contribution in [-0.4, -0.2) is 24.6 Å². The second-order valence-electron chi connectivity index (χ2n) is 5.12. The van der Waals surface area contributed by atoms with E-state index in [1.165, 1.54) is 0 Å². The van der Waals surface area contributed by atoms with Crippen molar-refractivity contribution in [1.29, 1.82) is 0 Å². The van der Waals surface area contributed by atoms with Gasteiger partial charge in [-0.3, -0.25) is 4.79 Å². The van der Waals surface area contributed by atoms with Gasteiger partial charge in [0.1, 0.15) is 0 Å². The van der Waals surface area contributed by atoms with Crippen molar-refractivity contribution in [3.05, 3.63) is 0 Å². The third kappa shape index (κ3) is 8.83. The predicted octanol–water partition coefficient (Wildman–Crippen LogP) is 3.80. The second-order valence-corrected chi connectivity index (χ2v) is 5.12. The minimum Gasteiger partial charge on any atom is -0.391 e. The molecule has 21 heavy (non-hydrogen) atoms. The van der Waals surface area contributed by atoms with Gasteiger partial charge in [0.25, 0.3) is 0 Å². The van der Waals surface area contributed by atoms with Crippen LogP contribution in [0.4, 0.5) is 0 Å². The van der Waals surface area contributed by atoms with Crippen LogP contribution in [-0.2, 0) is 24.1 Å². The Hall–Kier alpha value is -0.940. The fraction of sp³-hybridized carbons (Fsp3) is 0.875. The summed E-state index contributed by atoms with van der Waals surface area (Å²) in [6.07, 6.45) is 4.82. The van der Waals surface area contributed by atoms with Gasteiger partial charge in [-0.2, -0.15) is 0 Å². The van der Waals surface area contributed by atoms with Crippen LogP contribution in [0.2, 0.25) is 0 Å². The largest absolute Gasteiger partial charge is 0.391 e. The van der Waals surface area contributed by atoms with Crippen molar-refractivity contribution >= 4 is 11.9 Å². The minimum absolute atomic E-state index is 0.215. The van der Waals surface area contributed by atoms with E-state index in [1.807, 2.05) is 13.8 Å². The predicted molar refractivity (Wildman–Crippen MR) is 80.4 cm³/mol. The minimum atomic E-state index is -0.822. The molecule has 0 saturated carbocycles. The first kappa shape index (κ1) is 20.1. The molecule has 0 spiro atoms. The highest BCUT2D eigenvalue weighted by Crippen LogP contribution is 2.16. The molecule has 0 fully saturated rings. The molecule has 0 amide bonds.